The molecule has 104 valence electrons. The fraction of sp³-hybridized carbons (Fsp3) is 0.0714. The lowest BCUT2D eigenvalue weighted by atomic mass is 10.3. The largest absolute Gasteiger partial charge is 0.374 e. The van der Waals surface area contributed by atoms with Crippen molar-refractivity contribution in [2.75, 3.05) is 17.2 Å². The topological polar surface area (TPSA) is 41.1 Å². The molecule has 2 aromatic carbocycles. The predicted molar refractivity (Wildman–Crippen MR) is 74.9 cm³/mol. The Morgan fingerprint density at radius 2 is 1.80 bits per heavy atom. The number of rotatable bonds is 4. The zero-order chi connectivity index (χ0) is 14.5. The molecule has 3 nitrogen and oxygen atoms in total. The molecular weight excluding hydrogens is 286 g/mol. The Bertz CT molecular complexity index is 634. The molecule has 0 bridgehead atoms. The number of hydrogen-bond acceptors (Lipinski definition) is 2. The minimum absolute atomic E-state index is 0.0795. The summed E-state index contributed by atoms with van der Waals surface area (Å²) in [6, 6.07) is 9.86. The minimum Gasteiger partial charge on any atom is -0.374 e. The maximum atomic E-state index is 13.5. The maximum Gasteiger partial charge on any atom is 0.243 e. The number of halogens is 3. The van der Waals surface area contributed by atoms with E-state index < -0.39 is 17.5 Å². The molecule has 0 heterocycles. The first-order valence-corrected chi connectivity index (χ1v) is 6.17. The fourth-order valence-corrected chi connectivity index (χ4v) is 1.72. The Morgan fingerprint density at radius 3 is 2.50 bits per heavy atom. The molecular formula is C14H11ClF2N2O. The lowest BCUT2D eigenvalue weighted by Crippen LogP contribution is -2.22. The maximum absolute atomic E-state index is 13.5. The van der Waals surface area contributed by atoms with E-state index in [1.165, 1.54) is 30.3 Å². The molecule has 0 fully saturated rings. The predicted octanol–water partition coefficient (Wildman–Crippen LogP) is 3.67. The van der Waals surface area contributed by atoms with E-state index in [0.29, 0.717) is 0 Å². The quantitative estimate of drug-likeness (QED) is 0.904. The molecule has 2 N–H and O–H groups in total. The van der Waals surface area contributed by atoms with E-state index in [0.717, 1.165) is 6.07 Å². The van der Waals surface area contributed by atoms with Gasteiger partial charge in [-0.05, 0) is 30.3 Å². The molecule has 0 radical (unpaired) electrons. The van der Waals surface area contributed by atoms with E-state index >= 15 is 0 Å². The van der Waals surface area contributed by atoms with Crippen molar-refractivity contribution < 1.29 is 13.6 Å². The highest BCUT2D eigenvalue weighted by atomic mass is 35.5. The summed E-state index contributed by atoms with van der Waals surface area (Å²) in [5.41, 5.74) is 0.231. The van der Waals surface area contributed by atoms with Gasteiger partial charge in [-0.2, -0.15) is 0 Å². The molecule has 0 aliphatic rings. The van der Waals surface area contributed by atoms with Crippen LogP contribution in [0, 0.1) is 11.6 Å². The monoisotopic (exact) mass is 296 g/mol. The zero-order valence-electron chi connectivity index (χ0n) is 10.3. The van der Waals surface area contributed by atoms with Crippen LogP contribution < -0.4 is 10.6 Å². The highest BCUT2D eigenvalue weighted by Gasteiger charge is 2.08. The molecule has 0 aromatic heterocycles. The Labute approximate surface area is 119 Å². The summed E-state index contributed by atoms with van der Waals surface area (Å²) in [6.45, 7) is -0.188. The summed E-state index contributed by atoms with van der Waals surface area (Å²) in [5, 5.41) is 5.27. The van der Waals surface area contributed by atoms with Crippen LogP contribution in [0.1, 0.15) is 0 Å². The summed E-state index contributed by atoms with van der Waals surface area (Å²) in [7, 11) is 0. The smallest absolute Gasteiger partial charge is 0.243 e. The van der Waals surface area contributed by atoms with Crippen LogP contribution in [0.4, 0.5) is 20.2 Å². The zero-order valence-corrected chi connectivity index (χ0v) is 11.0. The van der Waals surface area contributed by atoms with Crippen molar-refractivity contribution >= 4 is 28.9 Å². The summed E-state index contributed by atoms with van der Waals surface area (Å²) in [6.07, 6.45) is 0. The summed E-state index contributed by atoms with van der Waals surface area (Å²) < 4.78 is 26.8. The number of carbonyl (C=O) groups excluding carboxylic acids is 1. The molecule has 0 aliphatic heterocycles. The average Bonchev–Trinajstić information content (AvgIpc) is 2.40. The lowest BCUT2D eigenvalue weighted by Gasteiger charge is -2.09. The van der Waals surface area contributed by atoms with E-state index in [1.807, 2.05) is 0 Å². The number of anilines is 2. The molecule has 6 heteroatoms. The minimum atomic E-state index is -0.559. The van der Waals surface area contributed by atoms with Crippen LogP contribution in [0.25, 0.3) is 0 Å². The van der Waals surface area contributed by atoms with E-state index in [9.17, 15) is 13.6 Å². The molecule has 0 atom stereocenters. The van der Waals surface area contributed by atoms with Gasteiger partial charge in [0, 0.05) is 5.02 Å². The second kappa shape index (κ2) is 6.34. The third-order valence-electron chi connectivity index (χ3n) is 2.52. The fourth-order valence-electron chi connectivity index (χ4n) is 1.57. The molecule has 0 spiro atoms. The van der Waals surface area contributed by atoms with Crippen molar-refractivity contribution in [3.05, 3.63) is 59.1 Å². The van der Waals surface area contributed by atoms with Crippen molar-refractivity contribution in [3.8, 4) is 0 Å². The van der Waals surface area contributed by atoms with Gasteiger partial charge in [0.1, 0.15) is 11.6 Å². The van der Waals surface area contributed by atoms with Crippen LogP contribution >= 0.6 is 11.6 Å². The molecule has 0 saturated heterocycles. The van der Waals surface area contributed by atoms with Gasteiger partial charge < -0.3 is 10.6 Å². The molecule has 2 aromatic rings. The van der Waals surface area contributed by atoms with Crippen molar-refractivity contribution in [3.63, 3.8) is 0 Å². The standard InChI is InChI=1S/C14H11ClF2N2O/c15-9-5-6-12(11(17)7-9)18-8-14(20)19-13-4-2-1-3-10(13)16/h1-7,18H,8H2,(H,19,20). The van der Waals surface area contributed by atoms with Gasteiger partial charge in [0.2, 0.25) is 5.91 Å². The van der Waals surface area contributed by atoms with E-state index in [1.54, 1.807) is 6.07 Å². The van der Waals surface area contributed by atoms with Crippen LogP contribution in [0.2, 0.25) is 5.02 Å². The van der Waals surface area contributed by atoms with Crippen LogP contribution in [0.5, 0.6) is 0 Å². The average molecular weight is 297 g/mol. The SMILES string of the molecule is O=C(CNc1ccc(Cl)cc1F)Nc1ccccc1F. The molecule has 2 rings (SSSR count). The van der Waals surface area contributed by atoms with Crippen LogP contribution in [-0.4, -0.2) is 12.5 Å². The molecule has 20 heavy (non-hydrogen) atoms. The number of carbonyl (C=O) groups is 1. The highest BCUT2D eigenvalue weighted by molar-refractivity contribution is 6.30. The van der Waals surface area contributed by atoms with Crippen molar-refractivity contribution in [2.24, 2.45) is 0 Å². The van der Waals surface area contributed by atoms with Crippen LogP contribution in [-0.2, 0) is 4.79 Å². The first-order chi connectivity index (χ1) is 9.56. The van der Waals surface area contributed by atoms with Gasteiger partial charge in [-0.3, -0.25) is 4.79 Å². The Morgan fingerprint density at radius 1 is 1.05 bits per heavy atom. The first kappa shape index (κ1) is 14.3. The summed E-state index contributed by atoms with van der Waals surface area (Å²) >= 11 is 5.62. The number of amides is 1. The van der Waals surface area contributed by atoms with Gasteiger partial charge in [-0.1, -0.05) is 23.7 Å². The van der Waals surface area contributed by atoms with Crippen molar-refractivity contribution in [1.82, 2.24) is 0 Å². The summed E-state index contributed by atoms with van der Waals surface area (Å²) in [5.74, 6) is -1.57. The van der Waals surface area contributed by atoms with Gasteiger partial charge >= 0.3 is 0 Å². The van der Waals surface area contributed by atoms with Gasteiger partial charge in [-0.15, -0.1) is 0 Å². The van der Waals surface area contributed by atoms with Crippen molar-refractivity contribution in [1.29, 1.82) is 0 Å². The van der Waals surface area contributed by atoms with E-state index in [4.69, 9.17) is 11.6 Å². The second-order valence-corrected chi connectivity index (χ2v) is 4.44. The third kappa shape index (κ3) is 3.68. The molecule has 0 unspecified atom stereocenters. The van der Waals surface area contributed by atoms with Gasteiger partial charge in [0.05, 0.1) is 17.9 Å². The van der Waals surface area contributed by atoms with Crippen LogP contribution in [0.3, 0.4) is 0 Å². The molecule has 0 aliphatic carbocycles. The number of hydrogen-bond donors (Lipinski definition) is 2. The lowest BCUT2D eigenvalue weighted by molar-refractivity contribution is -0.114. The van der Waals surface area contributed by atoms with Crippen LogP contribution in [0.15, 0.2) is 42.5 Å². The highest BCUT2D eigenvalue weighted by Crippen LogP contribution is 2.18. The normalized spacial score (nSPS) is 10.2. The molecule has 1 amide bonds. The number of nitrogens with one attached hydrogen (secondary N) is 2. The van der Waals surface area contributed by atoms with Crippen molar-refractivity contribution in [2.45, 2.75) is 0 Å². The van der Waals surface area contributed by atoms with E-state index in [-0.39, 0.29) is 22.9 Å². The van der Waals surface area contributed by atoms with Gasteiger partial charge in [-0.25, -0.2) is 8.78 Å². The number of benzene rings is 2. The summed E-state index contributed by atoms with van der Waals surface area (Å²) in [4.78, 5) is 11.6. The molecule has 0 saturated carbocycles. The third-order valence-corrected chi connectivity index (χ3v) is 2.75. The Hall–Kier alpha value is -2.14. The number of para-hydroxylation sites is 1. The Kier molecular flexibility index (Phi) is 4.53. The second-order valence-electron chi connectivity index (χ2n) is 4.01. The Balaban J connectivity index is 1.94. The first-order valence-electron chi connectivity index (χ1n) is 5.79. The van der Waals surface area contributed by atoms with Gasteiger partial charge in [0.15, 0.2) is 0 Å². The van der Waals surface area contributed by atoms with E-state index in [2.05, 4.69) is 10.6 Å². The van der Waals surface area contributed by atoms with Gasteiger partial charge in [0.25, 0.3) is 0 Å².